The summed E-state index contributed by atoms with van der Waals surface area (Å²) in [6.45, 7) is 14.4. The quantitative estimate of drug-likeness (QED) is 0.198. The molecule has 0 heterocycles. The fourth-order valence-electron chi connectivity index (χ4n) is 11.8. The van der Waals surface area contributed by atoms with Gasteiger partial charge in [-0.1, -0.05) is 115 Å². The van der Waals surface area contributed by atoms with Crippen LogP contribution in [0.3, 0.4) is 0 Å². The molecule has 0 aromatic rings. The van der Waals surface area contributed by atoms with Gasteiger partial charge in [0.1, 0.15) is 0 Å². The van der Waals surface area contributed by atoms with Gasteiger partial charge in [-0.2, -0.15) is 0 Å². The van der Waals surface area contributed by atoms with E-state index in [4.69, 9.17) is 11.6 Å². The van der Waals surface area contributed by atoms with Crippen molar-refractivity contribution < 1.29 is 0 Å². The number of fused-ring (bicyclic) bond motifs is 2. The first kappa shape index (κ1) is 31.9. The van der Waals surface area contributed by atoms with Crippen LogP contribution in [-0.4, -0.2) is 4.87 Å². The molecule has 0 N–H and O–H groups in total. The van der Waals surface area contributed by atoms with Gasteiger partial charge in [0.25, 0.3) is 0 Å². The second-order valence-corrected chi connectivity index (χ2v) is 17.3. The highest BCUT2D eigenvalue weighted by Crippen LogP contribution is 2.65. The van der Waals surface area contributed by atoms with E-state index in [-0.39, 0.29) is 15.7 Å². The van der Waals surface area contributed by atoms with E-state index in [1.807, 2.05) is 0 Å². The van der Waals surface area contributed by atoms with Gasteiger partial charge in [-0.25, -0.2) is 0 Å². The molecule has 0 aliphatic heterocycles. The molecule has 0 saturated heterocycles. The van der Waals surface area contributed by atoms with Gasteiger partial charge in [-0.3, -0.25) is 0 Å². The zero-order valence-electron chi connectivity index (χ0n) is 27.6. The van der Waals surface area contributed by atoms with Gasteiger partial charge >= 0.3 is 0 Å². The fraction of sp³-hybridized carbons (Fsp3) is 0.850. The van der Waals surface area contributed by atoms with Gasteiger partial charge in [-0.05, 0) is 123 Å². The number of unbranched alkanes of at least 4 members (excludes halogenated alkanes) is 1. The minimum atomic E-state index is -0.148. The molecule has 0 amide bonds. The van der Waals surface area contributed by atoms with E-state index in [2.05, 4.69) is 64.7 Å². The number of halogens is 1. The Morgan fingerprint density at radius 1 is 0.902 bits per heavy atom. The maximum Gasteiger partial charge on any atom is 0.0528 e. The predicted molar refractivity (Wildman–Crippen MR) is 180 cm³/mol. The molecule has 1 spiro atoms. The molecule has 41 heavy (non-hydrogen) atoms. The molecule has 8 unspecified atom stereocenters. The van der Waals surface area contributed by atoms with Crippen molar-refractivity contribution in [3.8, 4) is 0 Å². The molecule has 5 rings (SSSR count). The van der Waals surface area contributed by atoms with E-state index in [1.165, 1.54) is 128 Å². The second-order valence-electron chi connectivity index (χ2n) is 16.6. The molecule has 5 aliphatic carbocycles. The van der Waals surface area contributed by atoms with Crippen LogP contribution in [-0.2, 0) is 0 Å². The Bertz CT molecular complexity index is 913. The van der Waals surface area contributed by atoms with E-state index in [0.29, 0.717) is 5.41 Å². The molecule has 0 nitrogen and oxygen atoms in total. The Hall–Kier alpha value is -0.490. The predicted octanol–water partition coefficient (Wildman–Crippen LogP) is 12.9. The van der Waals surface area contributed by atoms with Crippen molar-refractivity contribution in [2.24, 2.45) is 51.8 Å². The second kappa shape index (κ2) is 13.2. The lowest BCUT2D eigenvalue weighted by atomic mass is 9.50. The van der Waals surface area contributed by atoms with E-state index >= 15 is 0 Å². The lowest BCUT2D eigenvalue weighted by molar-refractivity contribution is -0.0283. The zero-order valence-corrected chi connectivity index (χ0v) is 28.3. The highest BCUT2D eigenvalue weighted by atomic mass is 35.5. The summed E-state index contributed by atoms with van der Waals surface area (Å²) in [5, 5.41) is 0. The molecule has 0 aromatic heterocycles. The lowest BCUT2D eigenvalue weighted by Crippen LogP contribution is -2.56. The molecule has 0 radical (unpaired) electrons. The van der Waals surface area contributed by atoms with E-state index < -0.39 is 0 Å². The van der Waals surface area contributed by atoms with Crippen LogP contribution in [0.5, 0.6) is 0 Å². The van der Waals surface area contributed by atoms with Crippen LogP contribution >= 0.6 is 11.6 Å². The average molecular weight is 581 g/mol. The molecular formula is C40H65Cl. The summed E-state index contributed by atoms with van der Waals surface area (Å²) < 4.78 is 0. The monoisotopic (exact) mass is 580 g/mol. The Balaban J connectivity index is 1.35. The summed E-state index contributed by atoms with van der Waals surface area (Å²) in [4.78, 5) is -0.148. The van der Waals surface area contributed by atoms with Crippen molar-refractivity contribution in [2.45, 2.75) is 161 Å². The Morgan fingerprint density at radius 3 is 2.37 bits per heavy atom. The van der Waals surface area contributed by atoms with E-state index in [0.717, 1.165) is 35.5 Å². The van der Waals surface area contributed by atoms with Gasteiger partial charge in [-0.15, -0.1) is 18.2 Å². The third-order valence-electron chi connectivity index (χ3n) is 14.5. The first-order valence-corrected chi connectivity index (χ1v) is 18.7. The van der Waals surface area contributed by atoms with Crippen molar-refractivity contribution in [2.75, 3.05) is 0 Å². The Morgan fingerprint density at radius 2 is 1.63 bits per heavy atom. The number of hydrogen-bond donors (Lipinski definition) is 0. The minimum Gasteiger partial charge on any atom is -0.118 e. The third kappa shape index (κ3) is 6.09. The fourth-order valence-corrected chi connectivity index (χ4v) is 12.3. The van der Waals surface area contributed by atoms with E-state index in [1.54, 1.807) is 0 Å². The Labute approximate surface area is 260 Å². The SMILES string of the molecule is C=CCC1CC2(CCCC(C)(C(C)(Cl)C3(C)CCCCCCC3C3CCC(CCCC)C3)CCC2)C2C=CC=CC12. The lowest BCUT2D eigenvalue weighted by Gasteiger charge is -2.59. The van der Waals surface area contributed by atoms with Crippen molar-refractivity contribution in [3.05, 3.63) is 37.0 Å². The summed E-state index contributed by atoms with van der Waals surface area (Å²) in [5.74, 6) is 4.93. The number of alkyl halides is 1. The maximum atomic E-state index is 8.22. The molecule has 4 fully saturated rings. The standard InChI is InChI=1S/C40H65Cl/c1-6-8-18-31-22-23-32(29-31)35-20-11-9-10-14-26-38(35,4)39(5,41)37(3)24-15-27-40(28-16-25-37)30-33(17-7-2)34-19-12-13-21-36(34)40/h7,12-13,19,21,31-36H,2,6,8-11,14-18,20,22-30H2,1,3-5H3. The molecule has 0 aromatic carbocycles. The largest absolute Gasteiger partial charge is 0.118 e. The van der Waals surface area contributed by atoms with Crippen molar-refractivity contribution in [1.82, 2.24) is 0 Å². The molecule has 8 atom stereocenters. The minimum absolute atomic E-state index is 0.148. The summed E-state index contributed by atoms with van der Waals surface area (Å²) >= 11 is 8.22. The van der Waals surface area contributed by atoms with Crippen LogP contribution in [0.15, 0.2) is 37.0 Å². The molecule has 1 heteroatoms. The van der Waals surface area contributed by atoms with E-state index in [9.17, 15) is 0 Å². The van der Waals surface area contributed by atoms with Gasteiger partial charge in [0, 0.05) is 0 Å². The number of hydrogen-bond acceptors (Lipinski definition) is 0. The molecular weight excluding hydrogens is 516 g/mol. The highest BCUT2D eigenvalue weighted by Gasteiger charge is 2.59. The number of allylic oxidation sites excluding steroid dienone is 5. The maximum absolute atomic E-state index is 8.22. The topological polar surface area (TPSA) is 0 Å². The number of rotatable bonds is 8. The van der Waals surface area contributed by atoms with Crippen LogP contribution < -0.4 is 0 Å². The molecule has 0 bridgehead atoms. The first-order chi connectivity index (χ1) is 19.7. The molecule has 4 saturated carbocycles. The van der Waals surface area contributed by atoms with Crippen molar-refractivity contribution >= 4 is 11.6 Å². The van der Waals surface area contributed by atoms with Crippen LogP contribution in [0.25, 0.3) is 0 Å². The third-order valence-corrected chi connectivity index (χ3v) is 15.4. The Kier molecular flexibility index (Phi) is 10.3. The van der Waals surface area contributed by atoms with Crippen LogP contribution in [0.1, 0.15) is 156 Å². The summed E-state index contributed by atoms with van der Waals surface area (Å²) in [6, 6.07) is 0. The smallest absolute Gasteiger partial charge is 0.0528 e. The molecule has 232 valence electrons. The van der Waals surface area contributed by atoms with Crippen LogP contribution in [0, 0.1) is 51.8 Å². The summed E-state index contributed by atoms with van der Waals surface area (Å²) in [7, 11) is 0. The van der Waals surface area contributed by atoms with Gasteiger partial charge in [0.15, 0.2) is 0 Å². The van der Waals surface area contributed by atoms with Crippen LogP contribution in [0.4, 0.5) is 0 Å². The van der Waals surface area contributed by atoms with Gasteiger partial charge in [0.05, 0.1) is 4.87 Å². The van der Waals surface area contributed by atoms with Crippen molar-refractivity contribution in [3.63, 3.8) is 0 Å². The zero-order chi connectivity index (χ0) is 29.1. The average Bonchev–Trinajstić information content (AvgIpc) is 3.52. The normalized spacial score (nSPS) is 44.9. The molecule has 5 aliphatic rings. The summed E-state index contributed by atoms with van der Waals surface area (Å²) in [6.07, 6.45) is 39.8. The van der Waals surface area contributed by atoms with Gasteiger partial charge in [0.2, 0.25) is 0 Å². The summed E-state index contributed by atoms with van der Waals surface area (Å²) in [5.41, 5.74) is 0.937. The van der Waals surface area contributed by atoms with Crippen molar-refractivity contribution in [1.29, 1.82) is 0 Å². The van der Waals surface area contributed by atoms with Crippen LogP contribution in [0.2, 0.25) is 0 Å². The highest BCUT2D eigenvalue weighted by molar-refractivity contribution is 6.24. The first-order valence-electron chi connectivity index (χ1n) is 18.3. The van der Waals surface area contributed by atoms with Gasteiger partial charge < -0.3 is 0 Å².